The molecule has 0 radical (unpaired) electrons. The molecule has 0 aliphatic carbocycles. The van der Waals surface area contributed by atoms with E-state index in [1.165, 1.54) is 7.11 Å². The Balaban J connectivity index is 3.10. The summed E-state index contributed by atoms with van der Waals surface area (Å²) in [6.45, 7) is 1.94. The molecule has 1 aromatic rings. The van der Waals surface area contributed by atoms with Crippen LogP contribution in [0.25, 0.3) is 0 Å². The zero-order valence-electron chi connectivity index (χ0n) is 6.97. The number of alkyl halides is 2. The first kappa shape index (κ1) is 9.85. The van der Waals surface area contributed by atoms with Crippen LogP contribution in [0.2, 0.25) is 0 Å². The van der Waals surface area contributed by atoms with Crippen molar-refractivity contribution in [2.45, 2.75) is 11.4 Å². The smallest absolute Gasteiger partial charge is 0.244 e. The zero-order valence-corrected chi connectivity index (χ0v) is 8.49. The summed E-state index contributed by atoms with van der Waals surface area (Å²) in [6.07, 6.45) is 0. The molecule has 0 spiro atoms. The van der Waals surface area contributed by atoms with Crippen LogP contribution in [-0.2, 0) is 9.26 Å². The van der Waals surface area contributed by atoms with Gasteiger partial charge in [-0.15, -0.1) is 0 Å². The third-order valence-corrected chi connectivity index (χ3v) is 2.43. The third-order valence-electron chi connectivity index (χ3n) is 1.71. The maximum Gasteiger partial charge on any atom is 0.244 e. The molecule has 0 aliphatic rings. The van der Waals surface area contributed by atoms with Crippen molar-refractivity contribution in [3.8, 4) is 0 Å². The highest BCUT2D eigenvalue weighted by atomic mass is 35.5. The van der Waals surface area contributed by atoms with Gasteiger partial charge >= 0.3 is 0 Å². The fraction of sp³-hybridized carbons (Fsp3) is 0.333. The molecule has 12 heavy (non-hydrogen) atoms. The number of rotatable bonds is 2. The summed E-state index contributed by atoms with van der Waals surface area (Å²) in [7, 11) is 1.48. The van der Waals surface area contributed by atoms with E-state index in [9.17, 15) is 0 Å². The van der Waals surface area contributed by atoms with Gasteiger partial charge in [0.1, 0.15) is 0 Å². The van der Waals surface area contributed by atoms with Gasteiger partial charge in [-0.05, 0) is 12.5 Å². The van der Waals surface area contributed by atoms with Crippen molar-refractivity contribution in [2.24, 2.45) is 0 Å². The van der Waals surface area contributed by atoms with Gasteiger partial charge in [0.25, 0.3) is 0 Å². The molecule has 0 saturated heterocycles. The Hall–Kier alpha value is -0.240. The van der Waals surface area contributed by atoms with Crippen LogP contribution >= 0.6 is 23.2 Å². The van der Waals surface area contributed by atoms with Crippen molar-refractivity contribution in [2.75, 3.05) is 7.11 Å². The second kappa shape index (κ2) is 3.65. The van der Waals surface area contributed by atoms with Crippen LogP contribution in [-0.4, -0.2) is 7.11 Å². The Morgan fingerprint density at radius 1 is 1.25 bits per heavy atom. The molecule has 0 amide bonds. The number of benzene rings is 1. The van der Waals surface area contributed by atoms with E-state index in [1.54, 1.807) is 0 Å². The molecule has 0 aliphatic heterocycles. The topological polar surface area (TPSA) is 9.23 Å². The van der Waals surface area contributed by atoms with E-state index in [-0.39, 0.29) is 0 Å². The van der Waals surface area contributed by atoms with E-state index in [4.69, 9.17) is 27.9 Å². The molecule has 0 unspecified atom stereocenters. The maximum absolute atomic E-state index is 5.89. The van der Waals surface area contributed by atoms with Crippen molar-refractivity contribution in [1.82, 2.24) is 0 Å². The summed E-state index contributed by atoms with van der Waals surface area (Å²) in [5.41, 5.74) is 1.81. The predicted molar refractivity (Wildman–Crippen MR) is 51.6 cm³/mol. The van der Waals surface area contributed by atoms with Gasteiger partial charge < -0.3 is 4.74 Å². The van der Waals surface area contributed by atoms with E-state index in [0.29, 0.717) is 0 Å². The van der Waals surface area contributed by atoms with Crippen molar-refractivity contribution >= 4 is 23.2 Å². The third kappa shape index (κ3) is 1.92. The number of hydrogen-bond donors (Lipinski definition) is 0. The highest BCUT2D eigenvalue weighted by molar-refractivity contribution is 6.46. The SMILES string of the molecule is COC(Cl)(Cl)c1ccccc1C. The molecule has 0 fully saturated rings. The van der Waals surface area contributed by atoms with Gasteiger partial charge in [0.2, 0.25) is 4.52 Å². The zero-order chi connectivity index (χ0) is 9.19. The molecule has 1 aromatic carbocycles. The molecule has 0 N–H and O–H groups in total. The van der Waals surface area contributed by atoms with Crippen molar-refractivity contribution in [3.05, 3.63) is 35.4 Å². The first-order chi connectivity index (χ1) is 5.58. The minimum atomic E-state index is -1.23. The average Bonchev–Trinajstić information content (AvgIpc) is 2.05. The van der Waals surface area contributed by atoms with Gasteiger partial charge in [0.15, 0.2) is 0 Å². The van der Waals surface area contributed by atoms with Crippen LogP contribution in [0.1, 0.15) is 11.1 Å². The predicted octanol–water partition coefficient (Wildman–Crippen LogP) is 3.23. The second-order valence-corrected chi connectivity index (χ2v) is 3.79. The highest BCUT2D eigenvalue weighted by Crippen LogP contribution is 2.35. The molecule has 0 aromatic heterocycles. The van der Waals surface area contributed by atoms with E-state index in [2.05, 4.69) is 0 Å². The molecule has 0 heterocycles. The standard InChI is InChI=1S/C9H10Cl2O/c1-7-5-3-4-6-8(7)9(10,11)12-2/h3-6H,1-2H3. The molecular weight excluding hydrogens is 195 g/mol. The van der Waals surface area contributed by atoms with E-state index in [0.717, 1.165) is 11.1 Å². The lowest BCUT2D eigenvalue weighted by atomic mass is 10.1. The summed E-state index contributed by atoms with van der Waals surface area (Å²) in [5.74, 6) is 0. The largest absolute Gasteiger partial charge is 0.346 e. The van der Waals surface area contributed by atoms with Crippen LogP contribution in [0.15, 0.2) is 24.3 Å². The van der Waals surface area contributed by atoms with Crippen molar-refractivity contribution < 1.29 is 4.74 Å². The van der Waals surface area contributed by atoms with E-state index in [1.807, 2.05) is 31.2 Å². The van der Waals surface area contributed by atoms with Crippen LogP contribution in [0.3, 0.4) is 0 Å². The Morgan fingerprint density at radius 2 is 1.83 bits per heavy atom. The molecule has 0 bridgehead atoms. The molecular formula is C9H10Cl2O. The quantitative estimate of drug-likeness (QED) is 0.673. The van der Waals surface area contributed by atoms with Gasteiger partial charge in [0.05, 0.1) is 0 Å². The van der Waals surface area contributed by atoms with E-state index >= 15 is 0 Å². The summed E-state index contributed by atoms with van der Waals surface area (Å²) in [5, 5.41) is 0. The van der Waals surface area contributed by atoms with Crippen molar-refractivity contribution in [1.29, 1.82) is 0 Å². The molecule has 1 rings (SSSR count). The van der Waals surface area contributed by atoms with Crippen LogP contribution < -0.4 is 0 Å². The summed E-state index contributed by atoms with van der Waals surface area (Å²) in [4.78, 5) is 0. The normalized spacial score (nSPS) is 11.7. The Labute approximate surface area is 82.2 Å². The van der Waals surface area contributed by atoms with Crippen LogP contribution in [0.5, 0.6) is 0 Å². The highest BCUT2D eigenvalue weighted by Gasteiger charge is 2.26. The van der Waals surface area contributed by atoms with E-state index < -0.39 is 4.52 Å². The average molecular weight is 205 g/mol. The Bertz CT molecular complexity index is 271. The Morgan fingerprint density at radius 3 is 2.33 bits per heavy atom. The van der Waals surface area contributed by atoms with Crippen LogP contribution in [0, 0.1) is 6.92 Å². The summed E-state index contributed by atoms with van der Waals surface area (Å²) in [6, 6.07) is 7.59. The van der Waals surface area contributed by atoms with Gasteiger partial charge in [-0.2, -0.15) is 0 Å². The fourth-order valence-corrected chi connectivity index (χ4v) is 1.43. The maximum atomic E-state index is 5.89. The molecule has 3 heteroatoms. The first-order valence-electron chi connectivity index (χ1n) is 3.57. The van der Waals surface area contributed by atoms with Gasteiger partial charge in [-0.1, -0.05) is 47.5 Å². The number of ether oxygens (including phenoxy) is 1. The number of aryl methyl sites for hydroxylation is 1. The molecule has 1 nitrogen and oxygen atoms in total. The lowest BCUT2D eigenvalue weighted by Crippen LogP contribution is -2.13. The molecule has 0 atom stereocenters. The minimum Gasteiger partial charge on any atom is -0.346 e. The van der Waals surface area contributed by atoms with Gasteiger partial charge in [-0.25, -0.2) is 0 Å². The minimum absolute atomic E-state index is 0.788. The summed E-state index contributed by atoms with van der Waals surface area (Å²) >= 11 is 11.8. The molecule has 0 saturated carbocycles. The monoisotopic (exact) mass is 204 g/mol. The number of methoxy groups -OCH3 is 1. The lowest BCUT2D eigenvalue weighted by Gasteiger charge is -2.19. The Kier molecular flexibility index (Phi) is 2.99. The first-order valence-corrected chi connectivity index (χ1v) is 4.32. The van der Waals surface area contributed by atoms with Crippen molar-refractivity contribution in [3.63, 3.8) is 0 Å². The molecule has 66 valence electrons. The number of hydrogen-bond acceptors (Lipinski definition) is 1. The van der Waals surface area contributed by atoms with Gasteiger partial charge in [0, 0.05) is 12.7 Å². The second-order valence-electron chi connectivity index (χ2n) is 2.54. The fourth-order valence-electron chi connectivity index (χ4n) is 1.01. The van der Waals surface area contributed by atoms with Gasteiger partial charge in [-0.3, -0.25) is 0 Å². The lowest BCUT2D eigenvalue weighted by molar-refractivity contribution is 0.133. The number of halogens is 2. The van der Waals surface area contributed by atoms with Crippen LogP contribution in [0.4, 0.5) is 0 Å². The summed E-state index contributed by atoms with van der Waals surface area (Å²) < 4.78 is 3.70.